The third-order valence-corrected chi connectivity index (χ3v) is 2.65. The average Bonchev–Trinajstić information content (AvgIpc) is 2.53. The lowest BCUT2D eigenvalue weighted by molar-refractivity contribution is -0.143. The molecule has 0 amide bonds. The number of phenolic OH excluding ortho intramolecular Hbond substituents is 1. The molecule has 7 heteroatoms. The number of hydrogen-bond acceptors (Lipinski definition) is 7. The molecule has 1 aromatic rings. The van der Waals surface area contributed by atoms with Crippen LogP contribution < -0.4 is 0 Å². The summed E-state index contributed by atoms with van der Waals surface area (Å²) in [6.45, 7) is -1.15. The molecule has 0 bridgehead atoms. The standard InChI is InChI=1S/C15H20O7/c16-7-14(8-17)21-9-13(19)10-22-15(20)6-3-11-1-4-12(18)5-2-11/h1-6,13-14,16-19H,7-10H2/b6-3+. The molecule has 0 aromatic heterocycles. The number of hydrogen-bond donors (Lipinski definition) is 4. The Morgan fingerprint density at radius 3 is 2.36 bits per heavy atom. The molecule has 1 unspecified atom stereocenters. The van der Waals surface area contributed by atoms with Crippen molar-refractivity contribution in [1.82, 2.24) is 0 Å². The molecule has 0 saturated heterocycles. The van der Waals surface area contributed by atoms with E-state index < -0.39 is 18.2 Å². The van der Waals surface area contributed by atoms with Crippen molar-refractivity contribution in [3.63, 3.8) is 0 Å². The Morgan fingerprint density at radius 1 is 1.14 bits per heavy atom. The van der Waals surface area contributed by atoms with Crippen LogP contribution in [0.2, 0.25) is 0 Å². The van der Waals surface area contributed by atoms with E-state index in [1.165, 1.54) is 24.3 Å². The monoisotopic (exact) mass is 312 g/mol. The molecule has 0 spiro atoms. The van der Waals surface area contributed by atoms with Gasteiger partial charge >= 0.3 is 5.97 Å². The van der Waals surface area contributed by atoms with Crippen LogP contribution in [0.15, 0.2) is 30.3 Å². The summed E-state index contributed by atoms with van der Waals surface area (Å²) in [4.78, 5) is 11.4. The van der Waals surface area contributed by atoms with E-state index in [0.717, 1.165) is 0 Å². The van der Waals surface area contributed by atoms with E-state index in [2.05, 4.69) is 0 Å². The van der Waals surface area contributed by atoms with Gasteiger partial charge in [0.1, 0.15) is 24.6 Å². The van der Waals surface area contributed by atoms with E-state index in [1.54, 1.807) is 12.1 Å². The quantitative estimate of drug-likeness (QED) is 0.365. The summed E-state index contributed by atoms with van der Waals surface area (Å²) < 4.78 is 9.81. The highest BCUT2D eigenvalue weighted by Crippen LogP contribution is 2.10. The predicted molar refractivity (Wildman–Crippen MR) is 78.0 cm³/mol. The lowest BCUT2D eigenvalue weighted by atomic mass is 10.2. The number of aliphatic hydroxyl groups excluding tert-OH is 3. The van der Waals surface area contributed by atoms with Gasteiger partial charge in [-0.1, -0.05) is 12.1 Å². The van der Waals surface area contributed by atoms with E-state index in [-0.39, 0.29) is 32.2 Å². The number of aliphatic hydroxyl groups is 3. The Labute approximate surface area is 128 Å². The molecule has 122 valence electrons. The van der Waals surface area contributed by atoms with Gasteiger partial charge in [-0.3, -0.25) is 0 Å². The highest BCUT2D eigenvalue weighted by Gasteiger charge is 2.11. The first-order chi connectivity index (χ1) is 10.5. The van der Waals surface area contributed by atoms with Gasteiger partial charge in [0.25, 0.3) is 0 Å². The maximum absolute atomic E-state index is 11.4. The van der Waals surface area contributed by atoms with Crippen molar-refractivity contribution in [2.24, 2.45) is 0 Å². The predicted octanol–water partition coefficient (Wildman–Crippen LogP) is -0.321. The largest absolute Gasteiger partial charge is 0.508 e. The molecule has 22 heavy (non-hydrogen) atoms. The maximum atomic E-state index is 11.4. The molecule has 0 aliphatic carbocycles. The van der Waals surface area contributed by atoms with Crippen LogP contribution in [0.4, 0.5) is 0 Å². The average molecular weight is 312 g/mol. The number of esters is 1. The fraction of sp³-hybridized carbons (Fsp3) is 0.400. The molecule has 0 saturated carbocycles. The molecule has 1 atom stereocenters. The fourth-order valence-electron chi connectivity index (χ4n) is 1.43. The summed E-state index contributed by atoms with van der Waals surface area (Å²) in [7, 11) is 0. The number of ether oxygens (including phenoxy) is 2. The Kier molecular flexibility index (Phi) is 8.16. The van der Waals surface area contributed by atoms with E-state index in [1.807, 2.05) is 0 Å². The molecule has 1 rings (SSSR count). The van der Waals surface area contributed by atoms with Gasteiger partial charge in [0.15, 0.2) is 0 Å². The Hall–Kier alpha value is -1.93. The molecule has 1 aromatic carbocycles. The first-order valence-electron chi connectivity index (χ1n) is 6.70. The van der Waals surface area contributed by atoms with Crippen LogP contribution in [0.25, 0.3) is 6.08 Å². The number of aromatic hydroxyl groups is 1. The number of phenols is 1. The number of benzene rings is 1. The summed E-state index contributed by atoms with van der Waals surface area (Å²) in [6, 6.07) is 6.24. The third-order valence-electron chi connectivity index (χ3n) is 2.65. The minimum absolute atomic E-state index is 0.131. The second-order valence-corrected chi connectivity index (χ2v) is 4.53. The van der Waals surface area contributed by atoms with Crippen LogP contribution in [0.5, 0.6) is 5.75 Å². The number of rotatable bonds is 9. The van der Waals surface area contributed by atoms with Crippen molar-refractivity contribution < 1.29 is 34.7 Å². The first-order valence-corrected chi connectivity index (χ1v) is 6.70. The van der Waals surface area contributed by atoms with E-state index in [9.17, 15) is 9.90 Å². The van der Waals surface area contributed by atoms with Crippen LogP contribution in [0.1, 0.15) is 5.56 Å². The van der Waals surface area contributed by atoms with Gasteiger partial charge in [-0.25, -0.2) is 4.79 Å². The second kappa shape index (κ2) is 9.91. The van der Waals surface area contributed by atoms with Crippen LogP contribution in [-0.4, -0.2) is 65.0 Å². The summed E-state index contributed by atoms with van der Waals surface area (Å²) in [5.41, 5.74) is 0.715. The lowest BCUT2D eigenvalue weighted by Crippen LogP contribution is -2.30. The lowest BCUT2D eigenvalue weighted by Gasteiger charge is -2.15. The minimum atomic E-state index is -1.05. The van der Waals surface area contributed by atoms with Gasteiger partial charge in [0, 0.05) is 6.08 Å². The van der Waals surface area contributed by atoms with Crippen molar-refractivity contribution in [1.29, 1.82) is 0 Å². The van der Waals surface area contributed by atoms with Crippen molar-refractivity contribution in [2.75, 3.05) is 26.4 Å². The molecule has 0 aliphatic heterocycles. The number of carbonyl (C=O) groups is 1. The third kappa shape index (κ3) is 7.19. The zero-order valence-electron chi connectivity index (χ0n) is 12.0. The summed E-state index contributed by atoms with van der Waals surface area (Å²) >= 11 is 0. The Balaban J connectivity index is 2.28. The van der Waals surface area contributed by atoms with Crippen molar-refractivity contribution in [2.45, 2.75) is 12.2 Å². The van der Waals surface area contributed by atoms with Crippen molar-refractivity contribution in [3.8, 4) is 5.75 Å². The van der Waals surface area contributed by atoms with E-state index in [0.29, 0.717) is 5.56 Å². The highest BCUT2D eigenvalue weighted by atomic mass is 16.6. The molecule has 7 nitrogen and oxygen atoms in total. The highest BCUT2D eigenvalue weighted by molar-refractivity contribution is 5.87. The Morgan fingerprint density at radius 2 is 1.77 bits per heavy atom. The van der Waals surface area contributed by atoms with Crippen LogP contribution in [0.3, 0.4) is 0 Å². The van der Waals surface area contributed by atoms with Crippen LogP contribution in [-0.2, 0) is 14.3 Å². The smallest absolute Gasteiger partial charge is 0.330 e. The summed E-state index contributed by atoms with van der Waals surface area (Å²) in [5.74, 6) is -0.500. The normalized spacial score (nSPS) is 12.7. The van der Waals surface area contributed by atoms with E-state index in [4.69, 9.17) is 24.8 Å². The molecular weight excluding hydrogens is 292 g/mol. The van der Waals surface area contributed by atoms with Crippen LogP contribution in [0, 0.1) is 0 Å². The van der Waals surface area contributed by atoms with Crippen molar-refractivity contribution >= 4 is 12.0 Å². The number of carbonyl (C=O) groups excluding carboxylic acids is 1. The van der Waals surface area contributed by atoms with E-state index >= 15 is 0 Å². The molecular formula is C15H20O7. The molecule has 0 fully saturated rings. The Bertz CT molecular complexity index is 465. The zero-order valence-corrected chi connectivity index (χ0v) is 12.0. The van der Waals surface area contributed by atoms with Gasteiger partial charge in [0.05, 0.1) is 19.8 Å². The van der Waals surface area contributed by atoms with Gasteiger partial charge in [-0.15, -0.1) is 0 Å². The minimum Gasteiger partial charge on any atom is -0.508 e. The van der Waals surface area contributed by atoms with Crippen LogP contribution >= 0.6 is 0 Å². The molecule has 4 N–H and O–H groups in total. The first kappa shape index (κ1) is 18.1. The zero-order chi connectivity index (χ0) is 16.4. The SMILES string of the molecule is O=C(/C=C/c1ccc(O)cc1)OCC(O)COC(CO)CO. The van der Waals surface area contributed by atoms with Crippen molar-refractivity contribution in [3.05, 3.63) is 35.9 Å². The summed E-state index contributed by atoms with van der Waals surface area (Å²) in [6.07, 6.45) is 0.897. The molecule has 0 aliphatic rings. The van der Waals surface area contributed by atoms with Gasteiger partial charge in [-0.2, -0.15) is 0 Å². The fourth-order valence-corrected chi connectivity index (χ4v) is 1.43. The summed E-state index contributed by atoms with van der Waals surface area (Å²) in [5, 5.41) is 36.2. The topological polar surface area (TPSA) is 116 Å². The van der Waals surface area contributed by atoms with Gasteiger partial charge in [0.2, 0.25) is 0 Å². The van der Waals surface area contributed by atoms with Gasteiger partial charge < -0.3 is 29.9 Å². The maximum Gasteiger partial charge on any atom is 0.330 e. The second-order valence-electron chi connectivity index (χ2n) is 4.53. The van der Waals surface area contributed by atoms with Gasteiger partial charge in [-0.05, 0) is 23.8 Å². The molecule has 0 radical (unpaired) electrons. The molecule has 0 heterocycles.